The molecule has 0 aliphatic heterocycles. The van der Waals surface area contributed by atoms with Gasteiger partial charge in [-0.3, -0.25) is 0 Å². The Morgan fingerprint density at radius 2 is 2.33 bits per heavy atom. The molecule has 0 fully saturated rings. The molecule has 0 spiro atoms. The third-order valence-electron chi connectivity index (χ3n) is 2.30. The van der Waals surface area contributed by atoms with Gasteiger partial charge in [-0.2, -0.15) is 0 Å². The van der Waals surface area contributed by atoms with Crippen molar-refractivity contribution < 1.29 is 9.52 Å². The molecule has 0 aliphatic rings. The molecule has 0 saturated heterocycles. The minimum atomic E-state index is -0.663. The number of hydrogen-bond acceptors (Lipinski definition) is 3. The molecule has 1 N–H and O–H groups in total. The van der Waals surface area contributed by atoms with E-state index in [0.717, 1.165) is 15.8 Å². The molecule has 2 aromatic heterocycles. The number of rotatable bonds is 3. The maximum absolute atomic E-state index is 10.1. The Labute approximate surface area is 101 Å². The highest BCUT2D eigenvalue weighted by Gasteiger charge is 2.20. The molecule has 1 atom stereocenters. The minimum Gasteiger partial charge on any atom is -0.465 e. The lowest BCUT2D eigenvalue weighted by molar-refractivity contribution is 0.191. The maximum atomic E-state index is 10.1. The summed E-state index contributed by atoms with van der Waals surface area (Å²) >= 11 is 4.91. The van der Waals surface area contributed by atoms with Crippen LogP contribution >= 0.6 is 27.3 Å². The summed E-state index contributed by atoms with van der Waals surface area (Å²) in [5.74, 6) is 0.576. The fourth-order valence-electron chi connectivity index (χ4n) is 1.50. The smallest absolute Gasteiger partial charge is 0.151 e. The third-order valence-corrected chi connectivity index (χ3v) is 3.97. The predicted molar refractivity (Wildman–Crippen MR) is 64.2 cm³/mol. The van der Waals surface area contributed by atoms with Gasteiger partial charge in [0.25, 0.3) is 0 Å². The molecule has 0 aromatic carbocycles. The molecule has 4 heteroatoms. The van der Waals surface area contributed by atoms with Crippen LogP contribution in [0, 0.1) is 0 Å². The fourth-order valence-corrected chi connectivity index (χ4v) is 2.90. The first-order valence-electron chi connectivity index (χ1n) is 4.71. The van der Waals surface area contributed by atoms with E-state index >= 15 is 0 Å². The molecule has 0 aliphatic carbocycles. The van der Waals surface area contributed by atoms with Crippen molar-refractivity contribution >= 4 is 27.3 Å². The van der Waals surface area contributed by atoms with Gasteiger partial charge in [0.15, 0.2) is 5.76 Å². The monoisotopic (exact) mass is 286 g/mol. The van der Waals surface area contributed by atoms with Gasteiger partial charge in [0.2, 0.25) is 0 Å². The van der Waals surface area contributed by atoms with E-state index in [1.807, 2.05) is 11.4 Å². The van der Waals surface area contributed by atoms with Crippen molar-refractivity contribution in [3.05, 3.63) is 44.4 Å². The number of hydrogen-bond donors (Lipinski definition) is 1. The molecule has 0 bridgehead atoms. The van der Waals surface area contributed by atoms with Crippen LogP contribution < -0.4 is 0 Å². The van der Waals surface area contributed by atoms with E-state index in [2.05, 4.69) is 22.9 Å². The molecule has 2 aromatic rings. The van der Waals surface area contributed by atoms with Gasteiger partial charge < -0.3 is 9.52 Å². The number of thiophene rings is 1. The van der Waals surface area contributed by atoms with Crippen LogP contribution in [-0.2, 0) is 6.42 Å². The third kappa shape index (κ3) is 2.02. The first-order valence-corrected chi connectivity index (χ1v) is 6.38. The van der Waals surface area contributed by atoms with E-state index in [-0.39, 0.29) is 0 Å². The Morgan fingerprint density at radius 1 is 1.53 bits per heavy atom. The average molecular weight is 287 g/mol. The van der Waals surface area contributed by atoms with Crippen LogP contribution in [-0.4, -0.2) is 5.11 Å². The van der Waals surface area contributed by atoms with Crippen LogP contribution in [0.1, 0.15) is 29.2 Å². The fraction of sp³-hybridized carbons (Fsp3) is 0.273. The number of aliphatic hydroxyl groups is 1. The molecule has 0 amide bonds. The number of halogens is 1. The lowest BCUT2D eigenvalue weighted by Crippen LogP contribution is -1.99. The van der Waals surface area contributed by atoms with Gasteiger partial charge in [0.1, 0.15) is 6.10 Å². The predicted octanol–water partition coefficient (Wildman–Crippen LogP) is 3.75. The van der Waals surface area contributed by atoms with Gasteiger partial charge in [-0.25, -0.2) is 0 Å². The van der Waals surface area contributed by atoms with Crippen LogP contribution in [0.2, 0.25) is 0 Å². The highest BCUT2D eigenvalue weighted by atomic mass is 79.9. The first-order chi connectivity index (χ1) is 7.24. The SMILES string of the molecule is CCc1ccsc1C(O)c1occc1Br. The summed E-state index contributed by atoms with van der Waals surface area (Å²) in [6.45, 7) is 2.08. The zero-order chi connectivity index (χ0) is 10.8. The molecule has 80 valence electrons. The van der Waals surface area contributed by atoms with E-state index in [1.54, 1.807) is 23.7 Å². The normalized spacial score (nSPS) is 13.0. The summed E-state index contributed by atoms with van der Waals surface area (Å²) in [6, 6.07) is 3.83. The van der Waals surface area contributed by atoms with Gasteiger partial charge in [-0.05, 0) is 45.4 Å². The molecular weight excluding hydrogens is 276 g/mol. The van der Waals surface area contributed by atoms with Crippen molar-refractivity contribution in [2.75, 3.05) is 0 Å². The molecular formula is C11H11BrO2S. The van der Waals surface area contributed by atoms with E-state index in [0.29, 0.717) is 5.76 Å². The van der Waals surface area contributed by atoms with Crippen molar-refractivity contribution in [1.29, 1.82) is 0 Å². The molecule has 15 heavy (non-hydrogen) atoms. The highest BCUT2D eigenvalue weighted by molar-refractivity contribution is 9.10. The summed E-state index contributed by atoms with van der Waals surface area (Å²) in [6.07, 6.45) is 1.83. The van der Waals surface area contributed by atoms with Crippen molar-refractivity contribution in [3.63, 3.8) is 0 Å². The maximum Gasteiger partial charge on any atom is 0.151 e. The quantitative estimate of drug-likeness (QED) is 0.932. The number of aryl methyl sites for hydroxylation is 1. The average Bonchev–Trinajstić information content (AvgIpc) is 2.84. The van der Waals surface area contributed by atoms with E-state index < -0.39 is 6.10 Å². The Morgan fingerprint density at radius 3 is 2.93 bits per heavy atom. The second kappa shape index (κ2) is 4.51. The molecule has 2 rings (SSSR count). The molecule has 0 radical (unpaired) electrons. The first kappa shape index (κ1) is 10.9. The lowest BCUT2D eigenvalue weighted by Gasteiger charge is -2.08. The van der Waals surface area contributed by atoms with Gasteiger partial charge in [0.05, 0.1) is 10.7 Å². The van der Waals surface area contributed by atoms with E-state index in [9.17, 15) is 5.11 Å². The molecule has 2 nitrogen and oxygen atoms in total. The van der Waals surface area contributed by atoms with Crippen LogP contribution in [0.4, 0.5) is 0 Å². The number of aliphatic hydroxyl groups excluding tert-OH is 1. The van der Waals surface area contributed by atoms with Crippen molar-refractivity contribution in [2.45, 2.75) is 19.4 Å². The Balaban J connectivity index is 2.36. The molecule has 0 saturated carbocycles. The number of furan rings is 1. The highest BCUT2D eigenvalue weighted by Crippen LogP contribution is 2.34. The Bertz CT molecular complexity index is 447. The van der Waals surface area contributed by atoms with Crippen LogP contribution in [0.5, 0.6) is 0 Å². The second-order valence-corrected chi connectivity index (χ2v) is 5.00. The summed E-state index contributed by atoms with van der Waals surface area (Å²) in [5.41, 5.74) is 1.18. The van der Waals surface area contributed by atoms with Gasteiger partial charge in [0, 0.05) is 4.88 Å². The van der Waals surface area contributed by atoms with Gasteiger partial charge >= 0.3 is 0 Å². The zero-order valence-corrected chi connectivity index (χ0v) is 10.6. The summed E-state index contributed by atoms with van der Waals surface area (Å²) in [7, 11) is 0. The largest absolute Gasteiger partial charge is 0.465 e. The topological polar surface area (TPSA) is 33.4 Å². The van der Waals surface area contributed by atoms with Gasteiger partial charge in [-0.15, -0.1) is 11.3 Å². The standard InChI is InChI=1S/C11H11BrO2S/c1-2-7-4-6-15-11(7)9(13)10-8(12)3-5-14-10/h3-6,9,13H,2H2,1H3. The van der Waals surface area contributed by atoms with Crippen LogP contribution in [0.25, 0.3) is 0 Å². The molecule has 2 heterocycles. The van der Waals surface area contributed by atoms with Crippen molar-refractivity contribution in [3.8, 4) is 0 Å². The summed E-state index contributed by atoms with van der Waals surface area (Å²) < 4.78 is 6.07. The van der Waals surface area contributed by atoms with E-state index in [4.69, 9.17) is 4.42 Å². The second-order valence-electron chi connectivity index (χ2n) is 3.20. The zero-order valence-electron chi connectivity index (χ0n) is 8.24. The van der Waals surface area contributed by atoms with Gasteiger partial charge in [-0.1, -0.05) is 6.92 Å². The molecule has 1 unspecified atom stereocenters. The van der Waals surface area contributed by atoms with Crippen molar-refractivity contribution in [2.24, 2.45) is 0 Å². The Kier molecular flexibility index (Phi) is 3.29. The summed E-state index contributed by atoms with van der Waals surface area (Å²) in [4.78, 5) is 0.966. The summed E-state index contributed by atoms with van der Waals surface area (Å²) in [5, 5.41) is 12.1. The minimum absolute atomic E-state index is 0.576. The van der Waals surface area contributed by atoms with Crippen LogP contribution in [0.3, 0.4) is 0 Å². The van der Waals surface area contributed by atoms with Crippen molar-refractivity contribution in [1.82, 2.24) is 0 Å². The van der Waals surface area contributed by atoms with Crippen LogP contribution in [0.15, 0.2) is 32.7 Å². The Hall–Kier alpha value is -0.580. The lowest BCUT2D eigenvalue weighted by atomic mass is 10.1. The van der Waals surface area contributed by atoms with E-state index in [1.165, 1.54) is 5.56 Å².